The molecule has 1 aromatic heterocycles. The Labute approximate surface area is 89.4 Å². The first kappa shape index (κ1) is 11.7. The normalized spacial score (nSPS) is 12.5. The van der Waals surface area contributed by atoms with Crippen LogP contribution in [0.3, 0.4) is 0 Å². The molecule has 1 atom stereocenters. The molecular formula is C10H18N4O. The highest BCUT2D eigenvalue weighted by molar-refractivity contribution is 5.92. The van der Waals surface area contributed by atoms with Gasteiger partial charge < -0.3 is 11.1 Å². The van der Waals surface area contributed by atoms with Gasteiger partial charge in [0.05, 0.1) is 17.1 Å². The number of carbonyl (C=O) groups excluding carboxylic acids is 1. The number of nitrogens with zero attached hydrogens (tertiary/aromatic N) is 1. The van der Waals surface area contributed by atoms with Crippen LogP contribution in [0.5, 0.6) is 0 Å². The number of nitrogens with two attached hydrogens (primary N) is 1. The maximum atomic E-state index is 11.6. The van der Waals surface area contributed by atoms with Crippen LogP contribution >= 0.6 is 0 Å². The number of anilines is 1. The fourth-order valence-electron chi connectivity index (χ4n) is 1.31. The van der Waals surface area contributed by atoms with Crippen molar-refractivity contribution in [2.75, 3.05) is 5.32 Å². The molecule has 0 fully saturated rings. The molecule has 1 aromatic rings. The second-order valence-corrected chi connectivity index (χ2v) is 3.73. The van der Waals surface area contributed by atoms with Crippen molar-refractivity contribution in [2.45, 2.75) is 39.7 Å². The van der Waals surface area contributed by atoms with Crippen LogP contribution in [0, 0.1) is 13.8 Å². The van der Waals surface area contributed by atoms with Crippen LogP contribution in [0.15, 0.2) is 0 Å². The molecule has 5 nitrogen and oxygen atoms in total. The van der Waals surface area contributed by atoms with Gasteiger partial charge in [-0.25, -0.2) is 0 Å². The van der Waals surface area contributed by atoms with E-state index in [4.69, 9.17) is 5.73 Å². The molecule has 1 rings (SSSR count). The highest BCUT2D eigenvalue weighted by Gasteiger charge is 2.12. The molecule has 1 unspecified atom stereocenters. The molecule has 0 saturated heterocycles. The summed E-state index contributed by atoms with van der Waals surface area (Å²) in [5.74, 6) is -0.0584. The number of hydrogen-bond donors (Lipinski definition) is 3. The lowest BCUT2D eigenvalue weighted by atomic mass is 10.1. The summed E-state index contributed by atoms with van der Waals surface area (Å²) in [7, 11) is 0. The zero-order valence-electron chi connectivity index (χ0n) is 9.42. The van der Waals surface area contributed by atoms with E-state index < -0.39 is 0 Å². The van der Waals surface area contributed by atoms with E-state index >= 15 is 0 Å². The van der Waals surface area contributed by atoms with Gasteiger partial charge in [0.2, 0.25) is 5.91 Å². The van der Waals surface area contributed by atoms with Crippen molar-refractivity contribution in [2.24, 2.45) is 5.73 Å². The van der Waals surface area contributed by atoms with Crippen molar-refractivity contribution in [3.8, 4) is 0 Å². The third-order valence-electron chi connectivity index (χ3n) is 2.36. The first-order valence-corrected chi connectivity index (χ1v) is 5.11. The van der Waals surface area contributed by atoms with Gasteiger partial charge in [0.25, 0.3) is 0 Å². The smallest absolute Gasteiger partial charge is 0.226 e. The van der Waals surface area contributed by atoms with Crippen molar-refractivity contribution in [1.82, 2.24) is 10.2 Å². The Balaban J connectivity index is 2.59. The van der Waals surface area contributed by atoms with Crippen LogP contribution in [0.4, 0.5) is 5.69 Å². The Morgan fingerprint density at radius 2 is 2.27 bits per heavy atom. The number of aromatic amines is 1. The maximum absolute atomic E-state index is 11.6. The van der Waals surface area contributed by atoms with E-state index in [2.05, 4.69) is 15.5 Å². The van der Waals surface area contributed by atoms with Crippen molar-refractivity contribution >= 4 is 11.6 Å². The number of aromatic nitrogens is 2. The summed E-state index contributed by atoms with van der Waals surface area (Å²) in [5, 5.41) is 9.62. The molecule has 5 heteroatoms. The quantitative estimate of drug-likeness (QED) is 0.695. The fourth-order valence-corrected chi connectivity index (χ4v) is 1.31. The predicted octanol–water partition coefficient (Wildman–Crippen LogP) is 1.09. The van der Waals surface area contributed by atoms with Gasteiger partial charge in [-0.3, -0.25) is 9.89 Å². The number of H-pyrrole nitrogens is 1. The van der Waals surface area contributed by atoms with E-state index in [1.165, 1.54) is 0 Å². The van der Waals surface area contributed by atoms with Gasteiger partial charge in [0, 0.05) is 12.5 Å². The molecule has 1 heterocycles. The lowest BCUT2D eigenvalue weighted by Gasteiger charge is -2.09. The largest absolute Gasteiger partial charge is 0.327 e. The summed E-state index contributed by atoms with van der Waals surface area (Å²) in [4.78, 5) is 11.6. The molecule has 0 bridgehead atoms. The number of aryl methyl sites for hydroxylation is 2. The highest BCUT2D eigenvalue weighted by Crippen LogP contribution is 2.16. The Kier molecular flexibility index (Phi) is 3.85. The van der Waals surface area contributed by atoms with Gasteiger partial charge in [0.15, 0.2) is 0 Å². The van der Waals surface area contributed by atoms with Crippen molar-refractivity contribution in [1.29, 1.82) is 0 Å². The van der Waals surface area contributed by atoms with Crippen molar-refractivity contribution < 1.29 is 4.79 Å². The third-order valence-corrected chi connectivity index (χ3v) is 2.36. The molecule has 15 heavy (non-hydrogen) atoms. The van der Waals surface area contributed by atoms with Crippen LogP contribution in [0.2, 0.25) is 0 Å². The zero-order chi connectivity index (χ0) is 11.4. The van der Waals surface area contributed by atoms with Gasteiger partial charge in [-0.05, 0) is 20.3 Å². The number of amides is 1. The van der Waals surface area contributed by atoms with E-state index in [-0.39, 0.29) is 11.9 Å². The molecular weight excluding hydrogens is 192 g/mol. The molecule has 1 amide bonds. The summed E-state index contributed by atoms with van der Waals surface area (Å²) >= 11 is 0. The van der Waals surface area contributed by atoms with Crippen LogP contribution in [-0.2, 0) is 4.79 Å². The number of hydrogen-bond acceptors (Lipinski definition) is 3. The monoisotopic (exact) mass is 210 g/mol. The summed E-state index contributed by atoms with van der Waals surface area (Å²) < 4.78 is 0. The summed E-state index contributed by atoms with van der Waals surface area (Å²) in [6.45, 7) is 5.68. The van der Waals surface area contributed by atoms with Crippen LogP contribution in [-0.4, -0.2) is 22.1 Å². The average Bonchev–Trinajstić information content (AvgIpc) is 2.49. The Morgan fingerprint density at radius 3 is 2.73 bits per heavy atom. The topological polar surface area (TPSA) is 83.8 Å². The highest BCUT2D eigenvalue weighted by atomic mass is 16.1. The predicted molar refractivity (Wildman–Crippen MR) is 59.6 cm³/mol. The standard InChI is InChI=1S/C10H18N4O/c1-4-8(11)5-9(15)12-10-6(2)13-14-7(10)3/h8H,4-5,11H2,1-3H3,(H,12,15)(H,13,14). The second kappa shape index (κ2) is 4.93. The molecule has 84 valence electrons. The minimum Gasteiger partial charge on any atom is -0.327 e. The molecule has 0 aliphatic heterocycles. The minimum atomic E-state index is -0.0717. The van der Waals surface area contributed by atoms with E-state index in [0.29, 0.717) is 6.42 Å². The molecule has 0 saturated carbocycles. The van der Waals surface area contributed by atoms with Gasteiger partial charge in [-0.2, -0.15) is 5.10 Å². The maximum Gasteiger partial charge on any atom is 0.226 e. The lowest BCUT2D eigenvalue weighted by Crippen LogP contribution is -2.26. The molecule has 0 aromatic carbocycles. The Hall–Kier alpha value is -1.36. The van der Waals surface area contributed by atoms with Gasteiger partial charge in [-0.1, -0.05) is 6.92 Å². The Bertz CT molecular complexity index is 326. The van der Waals surface area contributed by atoms with Gasteiger partial charge >= 0.3 is 0 Å². The lowest BCUT2D eigenvalue weighted by molar-refractivity contribution is -0.116. The molecule has 0 radical (unpaired) electrons. The van der Waals surface area contributed by atoms with Crippen LogP contribution in [0.25, 0.3) is 0 Å². The fraction of sp³-hybridized carbons (Fsp3) is 0.600. The average molecular weight is 210 g/mol. The number of nitrogens with one attached hydrogen (secondary N) is 2. The van der Waals surface area contributed by atoms with E-state index in [9.17, 15) is 4.79 Å². The summed E-state index contributed by atoms with van der Waals surface area (Å²) in [6.07, 6.45) is 1.15. The molecule has 0 spiro atoms. The zero-order valence-corrected chi connectivity index (χ0v) is 9.42. The van der Waals surface area contributed by atoms with Crippen molar-refractivity contribution in [3.05, 3.63) is 11.4 Å². The third kappa shape index (κ3) is 3.06. The first-order valence-electron chi connectivity index (χ1n) is 5.11. The Morgan fingerprint density at radius 1 is 1.60 bits per heavy atom. The van der Waals surface area contributed by atoms with Gasteiger partial charge in [-0.15, -0.1) is 0 Å². The van der Waals surface area contributed by atoms with E-state index in [1.54, 1.807) is 0 Å². The van der Waals surface area contributed by atoms with Crippen LogP contribution < -0.4 is 11.1 Å². The molecule has 4 N–H and O–H groups in total. The second-order valence-electron chi connectivity index (χ2n) is 3.73. The SMILES string of the molecule is CCC(N)CC(=O)Nc1c(C)n[nH]c1C. The summed E-state index contributed by atoms with van der Waals surface area (Å²) in [5.41, 5.74) is 8.13. The first-order chi connectivity index (χ1) is 7.04. The number of rotatable bonds is 4. The molecule has 0 aliphatic rings. The van der Waals surface area contributed by atoms with E-state index in [1.807, 2.05) is 20.8 Å². The van der Waals surface area contributed by atoms with Crippen LogP contribution in [0.1, 0.15) is 31.2 Å². The molecule has 0 aliphatic carbocycles. The van der Waals surface area contributed by atoms with E-state index in [0.717, 1.165) is 23.5 Å². The number of carbonyl (C=O) groups is 1. The van der Waals surface area contributed by atoms with Gasteiger partial charge in [0.1, 0.15) is 0 Å². The summed E-state index contributed by atoms with van der Waals surface area (Å²) in [6, 6.07) is -0.0717. The minimum absolute atomic E-state index is 0.0584. The van der Waals surface area contributed by atoms with Crippen molar-refractivity contribution in [3.63, 3.8) is 0 Å².